The number of alkyl halides is 3. The smallest absolute Gasteiger partial charge is 0.416 e. The Morgan fingerprint density at radius 2 is 1.72 bits per heavy atom. The first-order chi connectivity index (χ1) is 18.2. The van der Waals surface area contributed by atoms with Crippen LogP contribution in [0.25, 0.3) is 11.4 Å². The van der Waals surface area contributed by atoms with E-state index in [1.807, 2.05) is 0 Å². The van der Waals surface area contributed by atoms with Crippen LogP contribution in [0.1, 0.15) is 46.7 Å². The van der Waals surface area contributed by atoms with Crippen molar-refractivity contribution in [2.75, 3.05) is 20.8 Å². The summed E-state index contributed by atoms with van der Waals surface area (Å²) in [5.41, 5.74) is 0.368. The number of carbonyl (C=O) groups excluding carboxylic acids is 1. The summed E-state index contributed by atoms with van der Waals surface area (Å²) in [5, 5.41) is 9.32. The molecule has 11 heteroatoms. The molecule has 39 heavy (non-hydrogen) atoms. The van der Waals surface area contributed by atoms with Gasteiger partial charge in [-0.25, -0.2) is 14.8 Å². The van der Waals surface area contributed by atoms with Crippen LogP contribution >= 0.6 is 0 Å². The molecular formula is C28H30F3N3O5. The first-order valence-electron chi connectivity index (χ1n) is 12.0. The van der Waals surface area contributed by atoms with Crippen LogP contribution in [0.4, 0.5) is 13.2 Å². The van der Waals surface area contributed by atoms with Gasteiger partial charge in [-0.1, -0.05) is 18.2 Å². The van der Waals surface area contributed by atoms with Crippen LogP contribution in [0.5, 0.6) is 5.75 Å². The number of carboxylic acid groups (broad SMARTS) is 1. The number of halogens is 3. The van der Waals surface area contributed by atoms with Crippen molar-refractivity contribution in [3.8, 4) is 17.1 Å². The summed E-state index contributed by atoms with van der Waals surface area (Å²) in [7, 11) is 3.15. The fraction of sp³-hybridized carbons (Fsp3) is 0.357. The summed E-state index contributed by atoms with van der Waals surface area (Å²) in [6, 6.07) is 10.9. The van der Waals surface area contributed by atoms with Gasteiger partial charge in [0, 0.05) is 49.5 Å². The average Bonchev–Trinajstić information content (AvgIpc) is 2.87. The molecule has 0 aliphatic heterocycles. The second kappa shape index (κ2) is 11.8. The largest absolute Gasteiger partial charge is 0.478 e. The van der Waals surface area contributed by atoms with Gasteiger partial charge in [0.15, 0.2) is 11.4 Å². The zero-order chi connectivity index (χ0) is 29.0. The predicted molar refractivity (Wildman–Crippen MR) is 137 cm³/mol. The molecule has 1 amide bonds. The Kier molecular flexibility index (Phi) is 8.96. The number of methoxy groups -OCH3 is 1. The van der Waals surface area contributed by atoms with Gasteiger partial charge in [-0.2, -0.15) is 13.2 Å². The minimum absolute atomic E-state index is 0.155. The van der Waals surface area contributed by atoms with Crippen molar-refractivity contribution in [3.63, 3.8) is 0 Å². The number of hydrogen-bond acceptors (Lipinski definition) is 6. The Morgan fingerprint density at radius 3 is 2.31 bits per heavy atom. The minimum Gasteiger partial charge on any atom is -0.478 e. The second-order valence-electron chi connectivity index (χ2n) is 9.48. The van der Waals surface area contributed by atoms with E-state index in [-0.39, 0.29) is 24.0 Å². The Labute approximate surface area is 224 Å². The second-order valence-corrected chi connectivity index (χ2v) is 9.48. The molecule has 0 fully saturated rings. The number of ether oxygens (including phenoxy) is 2. The van der Waals surface area contributed by atoms with E-state index < -0.39 is 23.3 Å². The number of benzene rings is 2. The number of hydrogen-bond donors (Lipinski definition) is 1. The van der Waals surface area contributed by atoms with Gasteiger partial charge in [-0.15, -0.1) is 0 Å². The van der Waals surface area contributed by atoms with Crippen molar-refractivity contribution in [2.45, 2.75) is 45.5 Å². The molecule has 0 unspecified atom stereocenters. The maximum absolute atomic E-state index is 13.2. The van der Waals surface area contributed by atoms with Gasteiger partial charge in [-0.3, -0.25) is 4.79 Å². The molecule has 1 aromatic heterocycles. The summed E-state index contributed by atoms with van der Waals surface area (Å²) in [6.07, 6.45) is -4.05. The topological polar surface area (TPSA) is 102 Å². The molecule has 1 N–H and O–H groups in total. The number of aryl methyl sites for hydroxylation is 1. The molecule has 2 aromatic carbocycles. The highest BCUT2D eigenvalue weighted by Gasteiger charge is 2.31. The molecule has 0 aliphatic rings. The van der Waals surface area contributed by atoms with E-state index in [4.69, 9.17) is 9.47 Å². The molecule has 0 saturated heterocycles. The van der Waals surface area contributed by atoms with E-state index in [1.165, 1.54) is 36.9 Å². The molecule has 208 valence electrons. The Balaban J connectivity index is 1.88. The molecule has 0 spiro atoms. The maximum atomic E-state index is 13.2. The normalized spacial score (nSPS) is 11.8. The van der Waals surface area contributed by atoms with Gasteiger partial charge in [0.25, 0.3) is 5.91 Å². The molecule has 3 rings (SSSR count). The SMILES string of the molecule is COCCc1nc(-c2ccc(C(F)(F)F)cc2)nc(C)c1CN(C)C(=O)c1cccc(OC(C)(C)C(=O)O)c1. The lowest BCUT2D eigenvalue weighted by Gasteiger charge is -2.23. The first-order valence-corrected chi connectivity index (χ1v) is 12.0. The molecule has 0 atom stereocenters. The number of nitrogens with zero attached hydrogens (tertiary/aromatic N) is 3. The van der Waals surface area contributed by atoms with Crippen molar-refractivity contribution in [1.29, 1.82) is 0 Å². The number of aliphatic carboxylic acids is 1. The third kappa shape index (κ3) is 7.32. The van der Waals surface area contributed by atoms with E-state index in [2.05, 4.69) is 9.97 Å². The van der Waals surface area contributed by atoms with Gasteiger partial charge in [0.1, 0.15) is 5.75 Å². The lowest BCUT2D eigenvalue weighted by molar-refractivity contribution is -0.152. The quantitative estimate of drug-likeness (QED) is 0.375. The van der Waals surface area contributed by atoms with E-state index in [0.29, 0.717) is 41.1 Å². The maximum Gasteiger partial charge on any atom is 0.416 e. The minimum atomic E-state index is -4.45. The lowest BCUT2D eigenvalue weighted by Crippen LogP contribution is -2.38. The Hall–Kier alpha value is -3.99. The number of carbonyl (C=O) groups is 2. The van der Waals surface area contributed by atoms with Gasteiger partial charge >= 0.3 is 12.1 Å². The molecular weight excluding hydrogens is 515 g/mol. The Morgan fingerprint density at radius 1 is 1.05 bits per heavy atom. The zero-order valence-corrected chi connectivity index (χ0v) is 22.3. The van der Waals surface area contributed by atoms with Crippen molar-refractivity contribution in [3.05, 3.63) is 76.6 Å². The molecule has 3 aromatic rings. The molecule has 0 aliphatic carbocycles. The third-order valence-electron chi connectivity index (χ3n) is 6.02. The average molecular weight is 546 g/mol. The Bertz CT molecular complexity index is 1340. The van der Waals surface area contributed by atoms with Crippen LogP contribution in [0.2, 0.25) is 0 Å². The summed E-state index contributed by atoms with van der Waals surface area (Å²) in [5.74, 6) is -0.966. The number of carboxylic acids is 1. The van der Waals surface area contributed by atoms with E-state index >= 15 is 0 Å². The number of aromatic nitrogens is 2. The van der Waals surface area contributed by atoms with Gasteiger partial charge in [0.05, 0.1) is 17.9 Å². The molecule has 8 nitrogen and oxygen atoms in total. The summed E-state index contributed by atoms with van der Waals surface area (Å²) in [4.78, 5) is 35.2. The number of rotatable bonds is 10. The standard InChI is InChI=1S/C28H30F3N3O5/c1-17-22(16-34(4)25(35)19-7-6-8-21(15-19)39-27(2,3)26(36)37)23(13-14-38-5)33-24(32-17)18-9-11-20(12-10-18)28(29,30)31/h6-12,15H,13-14,16H2,1-5H3,(H,36,37). The lowest BCUT2D eigenvalue weighted by atomic mass is 10.1. The first kappa shape index (κ1) is 29.6. The van der Waals surface area contributed by atoms with Crippen LogP contribution in [-0.4, -0.2) is 58.2 Å². The van der Waals surface area contributed by atoms with E-state index in [9.17, 15) is 27.9 Å². The van der Waals surface area contributed by atoms with Gasteiger partial charge in [-0.05, 0) is 51.1 Å². The highest BCUT2D eigenvalue weighted by atomic mass is 19.4. The highest BCUT2D eigenvalue weighted by molar-refractivity contribution is 5.94. The van der Waals surface area contributed by atoms with E-state index in [0.717, 1.165) is 12.1 Å². The van der Waals surface area contributed by atoms with Crippen LogP contribution in [0.3, 0.4) is 0 Å². The summed E-state index contributed by atoms with van der Waals surface area (Å²) >= 11 is 0. The van der Waals surface area contributed by atoms with Crippen LogP contribution < -0.4 is 4.74 Å². The monoisotopic (exact) mass is 545 g/mol. The third-order valence-corrected chi connectivity index (χ3v) is 6.02. The fourth-order valence-corrected chi connectivity index (χ4v) is 3.76. The van der Waals surface area contributed by atoms with Crippen molar-refractivity contribution in [1.82, 2.24) is 14.9 Å². The summed E-state index contributed by atoms with van der Waals surface area (Å²) in [6.45, 7) is 5.07. The molecule has 0 radical (unpaired) electrons. The molecule has 0 bridgehead atoms. The summed E-state index contributed by atoms with van der Waals surface area (Å²) < 4.78 is 49.7. The zero-order valence-electron chi connectivity index (χ0n) is 22.3. The highest BCUT2D eigenvalue weighted by Crippen LogP contribution is 2.31. The van der Waals surface area contributed by atoms with Crippen LogP contribution in [-0.2, 0) is 28.7 Å². The van der Waals surface area contributed by atoms with Crippen molar-refractivity contribution < 1.29 is 37.3 Å². The van der Waals surface area contributed by atoms with Crippen LogP contribution in [0, 0.1) is 6.92 Å². The van der Waals surface area contributed by atoms with E-state index in [1.54, 1.807) is 39.3 Å². The molecule has 1 heterocycles. The van der Waals surface area contributed by atoms with Crippen molar-refractivity contribution >= 4 is 11.9 Å². The fourth-order valence-electron chi connectivity index (χ4n) is 3.76. The number of amides is 1. The van der Waals surface area contributed by atoms with Crippen LogP contribution in [0.15, 0.2) is 48.5 Å². The van der Waals surface area contributed by atoms with Gasteiger partial charge in [0.2, 0.25) is 0 Å². The molecule has 0 saturated carbocycles. The predicted octanol–water partition coefficient (Wildman–Crippen LogP) is 5.17. The van der Waals surface area contributed by atoms with Gasteiger partial charge < -0.3 is 19.5 Å². The van der Waals surface area contributed by atoms with Crippen molar-refractivity contribution in [2.24, 2.45) is 0 Å².